The van der Waals surface area contributed by atoms with E-state index in [-0.39, 0.29) is 17.9 Å². The summed E-state index contributed by atoms with van der Waals surface area (Å²) in [6.07, 6.45) is 4.23. The number of piperazine rings is 1. The zero-order valence-corrected chi connectivity index (χ0v) is 16.0. The summed E-state index contributed by atoms with van der Waals surface area (Å²) in [5, 5.41) is 0. The van der Waals surface area contributed by atoms with Crippen molar-refractivity contribution >= 4 is 17.6 Å². The Balaban J connectivity index is 1.43. The monoisotopic (exact) mass is 370 g/mol. The number of pyridine rings is 1. The van der Waals surface area contributed by atoms with Gasteiger partial charge in [-0.2, -0.15) is 0 Å². The molecule has 1 unspecified atom stereocenters. The van der Waals surface area contributed by atoms with Crippen LogP contribution in [0.3, 0.4) is 0 Å². The second-order valence-corrected chi connectivity index (χ2v) is 7.39. The lowest BCUT2D eigenvalue weighted by atomic mass is 9.88. The molecule has 7 nitrogen and oxygen atoms in total. The molecule has 3 heterocycles. The number of amides is 2. The largest absolute Gasteiger partial charge is 0.450 e. The molecule has 1 aliphatic heterocycles. The number of aryl methyl sites for hydroxylation is 2. The van der Waals surface area contributed by atoms with Crippen molar-refractivity contribution < 1.29 is 14.3 Å². The lowest BCUT2D eigenvalue weighted by molar-refractivity contribution is -0.137. The van der Waals surface area contributed by atoms with E-state index in [0.29, 0.717) is 32.8 Å². The summed E-state index contributed by atoms with van der Waals surface area (Å²) in [4.78, 5) is 33.2. The van der Waals surface area contributed by atoms with Crippen molar-refractivity contribution in [2.45, 2.75) is 33.1 Å². The van der Waals surface area contributed by atoms with Gasteiger partial charge in [0.15, 0.2) is 0 Å². The molecule has 1 fully saturated rings. The van der Waals surface area contributed by atoms with Crippen LogP contribution in [0.25, 0.3) is 5.65 Å². The maximum Gasteiger partial charge on any atom is 0.409 e. The van der Waals surface area contributed by atoms with E-state index in [2.05, 4.69) is 23.6 Å². The topological polar surface area (TPSA) is 67.2 Å². The summed E-state index contributed by atoms with van der Waals surface area (Å²) in [6.45, 7) is 6.48. The second-order valence-electron chi connectivity index (χ2n) is 7.39. The number of hydrogen-bond donors (Lipinski definition) is 0. The fourth-order valence-corrected chi connectivity index (χ4v) is 4.10. The molecule has 0 saturated carbocycles. The SMILES string of the molecule is CCOC(=O)N1CCN(C(=O)C2CCc3nc4ccc(C)cn4c3C2)CC1. The first-order chi connectivity index (χ1) is 13.1. The van der Waals surface area contributed by atoms with Crippen molar-refractivity contribution in [3.63, 3.8) is 0 Å². The molecule has 0 radical (unpaired) electrons. The minimum atomic E-state index is -0.284. The number of rotatable bonds is 2. The molecule has 27 heavy (non-hydrogen) atoms. The van der Waals surface area contributed by atoms with Crippen LogP contribution in [0.2, 0.25) is 0 Å². The molecule has 2 amide bonds. The Bertz CT molecular complexity index is 867. The van der Waals surface area contributed by atoms with Gasteiger partial charge in [-0.3, -0.25) is 4.79 Å². The standard InChI is InChI=1S/C20H26N4O3/c1-3-27-20(26)23-10-8-22(9-11-23)19(25)15-5-6-16-17(12-15)24-13-14(2)4-7-18(24)21-16/h4,7,13,15H,3,5-6,8-12H2,1-2H3. The van der Waals surface area contributed by atoms with Crippen molar-refractivity contribution in [2.24, 2.45) is 5.92 Å². The van der Waals surface area contributed by atoms with Gasteiger partial charge in [0, 0.05) is 50.4 Å². The van der Waals surface area contributed by atoms with E-state index in [9.17, 15) is 9.59 Å². The van der Waals surface area contributed by atoms with Crippen LogP contribution in [0.1, 0.15) is 30.3 Å². The number of fused-ring (bicyclic) bond motifs is 3. The Morgan fingerprint density at radius 3 is 2.67 bits per heavy atom. The van der Waals surface area contributed by atoms with Crippen LogP contribution in [-0.2, 0) is 22.4 Å². The van der Waals surface area contributed by atoms with E-state index in [1.54, 1.807) is 11.8 Å². The van der Waals surface area contributed by atoms with Crippen LogP contribution in [0.4, 0.5) is 4.79 Å². The molecule has 2 aromatic heterocycles. The first-order valence-electron chi connectivity index (χ1n) is 9.73. The highest BCUT2D eigenvalue weighted by atomic mass is 16.6. The number of ether oxygens (including phenoxy) is 1. The molecule has 1 aliphatic carbocycles. The minimum Gasteiger partial charge on any atom is -0.450 e. The average molecular weight is 370 g/mol. The predicted octanol–water partition coefficient (Wildman–Crippen LogP) is 2.05. The number of carbonyl (C=O) groups is 2. The lowest BCUT2D eigenvalue weighted by Crippen LogP contribution is -2.52. The van der Waals surface area contributed by atoms with Crippen molar-refractivity contribution in [3.05, 3.63) is 35.3 Å². The fraction of sp³-hybridized carbons (Fsp3) is 0.550. The van der Waals surface area contributed by atoms with E-state index in [1.165, 1.54) is 11.3 Å². The summed E-state index contributed by atoms with van der Waals surface area (Å²) in [5.41, 5.74) is 4.44. The van der Waals surface area contributed by atoms with Crippen LogP contribution in [0.15, 0.2) is 18.3 Å². The first-order valence-corrected chi connectivity index (χ1v) is 9.73. The zero-order valence-electron chi connectivity index (χ0n) is 16.0. The van der Waals surface area contributed by atoms with Crippen molar-refractivity contribution in [1.82, 2.24) is 19.2 Å². The number of hydrogen-bond acceptors (Lipinski definition) is 4. The van der Waals surface area contributed by atoms with Gasteiger partial charge in [0.1, 0.15) is 5.65 Å². The van der Waals surface area contributed by atoms with Gasteiger partial charge in [-0.15, -0.1) is 0 Å². The van der Waals surface area contributed by atoms with E-state index in [4.69, 9.17) is 9.72 Å². The lowest BCUT2D eigenvalue weighted by Gasteiger charge is -2.36. The van der Waals surface area contributed by atoms with Crippen molar-refractivity contribution in [1.29, 1.82) is 0 Å². The van der Waals surface area contributed by atoms with Crippen LogP contribution < -0.4 is 0 Å². The summed E-state index contributed by atoms with van der Waals surface area (Å²) in [5.74, 6) is 0.193. The second kappa shape index (κ2) is 7.21. The number of imidazole rings is 1. The average Bonchev–Trinajstić information content (AvgIpc) is 3.05. The zero-order chi connectivity index (χ0) is 19.0. The highest BCUT2D eigenvalue weighted by Crippen LogP contribution is 2.28. The van der Waals surface area contributed by atoms with Gasteiger partial charge in [-0.25, -0.2) is 9.78 Å². The van der Waals surface area contributed by atoms with Gasteiger partial charge in [0.2, 0.25) is 5.91 Å². The Morgan fingerprint density at radius 2 is 1.93 bits per heavy atom. The van der Waals surface area contributed by atoms with Gasteiger partial charge in [-0.1, -0.05) is 6.07 Å². The number of carbonyl (C=O) groups excluding carboxylic acids is 2. The van der Waals surface area contributed by atoms with E-state index < -0.39 is 0 Å². The van der Waals surface area contributed by atoms with E-state index in [0.717, 1.165) is 30.6 Å². The van der Waals surface area contributed by atoms with Crippen molar-refractivity contribution in [3.8, 4) is 0 Å². The molecule has 7 heteroatoms. The summed E-state index contributed by atoms with van der Waals surface area (Å²) in [6, 6.07) is 4.11. The Kier molecular flexibility index (Phi) is 4.76. The first kappa shape index (κ1) is 17.8. The smallest absolute Gasteiger partial charge is 0.409 e. The molecule has 0 bridgehead atoms. The fourth-order valence-electron chi connectivity index (χ4n) is 4.10. The molecule has 0 aromatic carbocycles. The van der Waals surface area contributed by atoms with Gasteiger partial charge in [0.05, 0.1) is 12.3 Å². The van der Waals surface area contributed by atoms with Crippen molar-refractivity contribution in [2.75, 3.05) is 32.8 Å². The van der Waals surface area contributed by atoms with E-state index in [1.807, 2.05) is 11.0 Å². The third-order valence-corrected chi connectivity index (χ3v) is 5.58. The minimum absolute atomic E-state index is 0.00736. The van der Waals surface area contributed by atoms with Gasteiger partial charge < -0.3 is 18.9 Å². The van der Waals surface area contributed by atoms with Gasteiger partial charge in [-0.05, 0) is 38.3 Å². The molecule has 4 rings (SSSR count). The number of aromatic nitrogens is 2. The Morgan fingerprint density at radius 1 is 1.19 bits per heavy atom. The molecule has 2 aliphatic rings. The summed E-state index contributed by atoms with van der Waals surface area (Å²) < 4.78 is 7.19. The molecule has 144 valence electrons. The van der Waals surface area contributed by atoms with Gasteiger partial charge in [0.25, 0.3) is 0 Å². The molecule has 0 N–H and O–H groups in total. The molecular weight excluding hydrogens is 344 g/mol. The summed E-state index contributed by atoms with van der Waals surface area (Å²) >= 11 is 0. The highest BCUT2D eigenvalue weighted by Gasteiger charge is 2.33. The predicted molar refractivity (Wildman–Crippen MR) is 101 cm³/mol. The van der Waals surface area contributed by atoms with Crippen LogP contribution >= 0.6 is 0 Å². The third-order valence-electron chi connectivity index (χ3n) is 5.58. The molecule has 0 spiro atoms. The molecule has 2 aromatic rings. The quantitative estimate of drug-likeness (QED) is 0.811. The summed E-state index contributed by atoms with van der Waals surface area (Å²) in [7, 11) is 0. The molecule has 1 saturated heterocycles. The Hall–Kier alpha value is -2.57. The van der Waals surface area contributed by atoms with Crippen LogP contribution in [0.5, 0.6) is 0 Å². The van der Waals surface area contributed by atoms with Crippen LogP contribution in [0, 0.1) is 12.8 Å². The molecule has 1 atom stereocenters. The maximum absolute atomic E-state index is 13.1. The normalized spacial score (nSPS) is 19.9. The van der Waals surface area contributed by atoms with Gasteiger partial charge >= 0.3 is 6.09 Å². The molecular formula is C20H26N4O3. The van der Waals surface area contributed by atoms with E-state index >= 15 is 0 Å². The Labute approximate surface area is 158 Å². The third kappa shape index (κ3) is 3.38. The number of nitrogens with zero attached hydrogens (tertiary/aromatic N) is 4. The highest BCUT2D eigenvalue weighted by molar-refractivity contribution is 5.80. The van der Waals surface area contributed by atoms with Crippen LogP contribution in [-0.4, -0.2) is 64.0 Å². The maximum atomic E-state index is 13.1.